The maximum atomic E-state index is 5.86. The Hall–Kier alpha value is -3.39. The second kappa shape index (κ2) is 8.10. The molecule has 8 heteroatoms. The van der Waals surface area contributed by atoms with Crippen molar-refractivity contribution in [2.45, 2.75) is 10.9 Å². The van der Waals surface area contributed by atoms with Crippen molar-refractivity contribution in [3.05, 3.63) is 72.7 Å². The Balaban J connectivity index is 1.49. The summed E-state index contributed by atoms with van der Waals surface area (Å²) in [6.45, 7) is 0. The molecule has 0 atom stereocenters. The van der Waals surface area contributed by atoms with Gasteiger partial charge < -0.3 is 15.6 Å². The summed E-state index contributed by atoms with van der Waals surface area (Å²) in [6, 6.07) is 19.9. The molecule has 0 saturated carbocycles. The zero-order valence-electron chi connectivity index (χ0n) is 15.3. The van der Waals surface area contributed by atoms with Crippen LogP contribution in [0.4, 0.5) is 17.6 Å². The predicted octanol–water partition coefficient (Wildman–Crippen LogP) is 3.89. The van der Waals surface area contributed by atoms with Crippen molar-refractivity contribution in [1.82, 2.24) is 24.5 Å². The average molecular weight is 389 g/mol. The molecule has 4 aromatic rings. The first-order valence-corrected chi connectivity index (χ1v) is 9.70. The zero-order chi connectivity index (χ0) is 19.3. The molecule has 0 amide bonds. The molecule has 0 aliphatic carbocycles. The zero-order valence-corrected chi connectivity index (χ0v) is 16.1. The van der Waals surface area contributed by atoms with E-state index in [1.807, 2.05) is 61.8 Å². The van der Waals surface area contributed by atoms with Crippen LogP contribution >= 0.6 is 11.8 Å². The highest BCUT2D eigenvalue weighted by Crippen LogP contribution is 2.26. The van der Waals surface area contributed by atoms with Gasteiger partial charge in [0.15, 0.2) is 5.16 Å². The summed E-state index contributed by atoms with van der Waals surface area (Å²) in [7, 11) is 2.00. The molecular weight excluding hydrogens is 370 g/mol. The Morgan fingerprint density at radius 3 is 2.43 bits per heavy atom. The summed E-state index contributed by atoms with van der Waals surface area (Å²) < 4.78 is 2.06. The van der Waals surface area contributed by atoms with Gasteiger partial charge in [0.1, 0.15) is 5.82 Å². The molecule has 2 aromatic carbocycles. The fourth-order valence-corrected chi connectivity index (χ4v) is 3.55. The first kappa shape index (κ1) is 18.0. The molecule has 7 nitrogen and oxygen atoms in total. The number of aromatic nitrogens is 5. The van der Waals surface area contributed by atoms with Gasteiger partial charge in [-0.25, -0.2) is 4.98 Å². The number of imidazole rings is 1. The number of nitrogens with one attached hydrogen (secondary N) is 1. The Labute approximate surface area is 167 Å². The Kier molecular flexibility index (Phi) is 5.20. The van der Waals surface area contributed by atoms with E-state index in [4.69, 9.17) is 5.73 Å². The van der Waals surface area contributed by atoms with E-state index >= 15 is 0 Å². The van der Waals surface area contributed by atoms with E-state index in [1.54, 1.807) is 11.8 Å². The van der Waals surface area contributed by atoms with Gasteiger partial charge in [-0.3, -0.25) is 0 Å². The molecule has 0 aliphatic heterocycles. The summed E-state index contributed by atoms with van der Waals surface area (Å²) in [6.07, 6.45) is 1.88. The Morgan fingerprint density at radius 1 is 0.964 bits per heavy atom. The molecule has 0 saturated heterocycles. The first-order valence-electron chi connectivity index (χ1n) is 8.71. The molecule has 0 spiro atoms. The second-order valence-electron chi connectivity index (χ2n) is 6.06. The number of anilines is 3. The molecule has 3 N–H and O–H groups in total. The van der Waals surface area contributed by atoms with Crippen LogP contribution in [0.1, 0.15) is 5.82 Å². The van der Waals surface area contributed by atoms with Crippen LogP contribution in [0.2, 0.25) is 0 Å². The van der Waals surface area contributed by atoms with Crippen molar-refractivity contribution in [3.63, 3.8) is 0 Å². The standard InChI is InChI=1S/C20H19N7S/c1-27-16(14-8-4-2-5-9-14)12-22-20(27)28-13-17-24-18(21)26-19(25-17)23-15-10-6-3-7-11-15/h2-12H,13H2,1H3,(H3,21,23,24,25,26). The number of hydrogen-bond donors (Lipinski definition) is 2. The highest BCUT2D eigenvalue weighted by atomic mass is 32.2. The van der Waals surface area contributed by atoms with Crippen LogP contribution in [-0.4, -0.2) is 24.5 Å². The van der Waals surface area contributed by atoms with Crippen molar-refractivity contribution in [2.24, 2.45) is 7.05 Å². The van der Waals surface area contributed by atoms with Crippen molar-refractivity contribution >= 4 is 29.3 Å². The molecule has 28 heavy (non-hydrogen) atoms. The van der Waals surface area contributed by atoms with Crippen molar-refractivity contribution in [1.29, 1.82) is 0 Å². The number of benzene rings is 2. The summed E-state index contributed by atoms with van der Waals surface area (Å²) in [5.74, 6) is 1.75. The highest BCUT2D eigenvalue weighted by Gasteiger charge is 2.11. The maximum absolute atomic E-state index is 5.86. The third kappa shape index (κ3) is 4.12. The quantitative estimate of drug-likeness (QED) is 0.483. The van der Waals surface area contributed by atoms with Gasteiger partial charge in [-0.2, -0.15) is 15.0 Å². The van der Waals surface area contributed by atoms with Gasteiger partial charge in [-0.15, -0.1) is 0 Å². The maximum Gasteiger partial charge on any atom is 0.232 e. The van der Waals surface area contributed by atoms with Gasteiger partial charge in [0.05, 0.1) is 17.6 Å². The van der Waals surface area contributed by atoms with E-state index in [-0.39, 0.29) is 5.95 Å². The summed E-state index contributed by atoms with van der Waals surface area (Å²) in [4.78, 5) is 17.4. The highest BCUT2D eigenvalue weighted by molar-refractivity contribution is 7.98. The minimum Gasteiger partial charge on any atom is -0.368 e. The van der Waals surface area contributed by atoms with Gasteiger partial charge in [-0.1, -0.05) is 60.3 Å². The third-order valence-electron chi connectivity index (χ3n) is 4.07. The molecule has 0 fully saturated rings. The number of hydrogen-bond acceptors (Lipinski definition) is 7. The summed E-state index contributed by atoms with van der Waals surface area (Å²) in [5, 5.41) is 4.03. The van der Waals surface area contributed by atoms with E-state index in [1.165, 1.54) is 0 Å². The minimum absolute atomic E-state index is 0.189. The van der Waals surface area contributed by atoms with Crippen LogP contribution in [-0.2, 0) is 12.8 Å². The van der Waals surface area contributed by atoms with Crippen LogP contribution in [0.3, 0.4) is 0 Å². The molecule has 0 unspecified atom stereocenters. The largest absolute Gasteiger partial charge is 0.368 e. The van der Waals surface area contributed by atoms with Crippen LogP contribution in [0.25, 0.3) is 11.3 Å². The van der Waals surface area contributed by atoms with Gasteiger partial charge in [0.2, 0.25) is 11.9 Å². The van der Waals surface area contributed by atoms with Crippen LogP contribution in [0, 0.1) is 0 Å². The lowest BCUT2D eigenvalue weighted by atomic mass is 10.2. The molecule has 2 aromatic heterocycles. The number of thioether (sulfide) groups is 1. The molecular formula is C20H19N7S. The van der Waals surface area contributed by atoms with Crippen LogP contribution in [0.5, 0.6) is 0 Å². The molecule has 4 rings (SSSR count). The number of rotatable bonds is 6. The average Bonchev–Trinajstić information content (AvgIpc) is 3.08. The minimum atomic E-state index is 0.189. The lowest BCUT2D eigenvalue weighted by Gasteiger charge is -2.08. The van der Waals surface area contributed by atoms with E-state index < -0.39 is 0 Å². The smallest absolute Gasteiger partial charge is 0.232 e. The number of nitrogens with zero attached hydrogens (tertiary/aromatic N) is 5. The molecule has 0 bridgehead atoms. The molecule has 0 aliphatic rings. The molecule has 0 radical (unpaired) electrons. The fraction of sp³-hybridized carbons (Fsp3) is 0.100. The fourth-order valence-electron chi connectivity index (χ4n) is 2.74. The van der Waals surface area contributed by atoms with E-state index in [9.17, 15) is 0 Å². The number of nitrogen functional groups attached to an aromatic ring is 1. The van der Waals surface area contributed by atoms with E-state index in [0.717, 1.165) is 22.1 Å². The van der Waals surface area contributed by atoms with Crippen LogP contribution in [0.15, 0.2) is 72.0 Å². The van der Waals surface area contributed by atoms with E-state index in [0.29, 0.717) is 17.5 Å². The van der Waals surface area contributed by atoms with Gasteiger partial charge in [0.25, 0.3) is 0 Å². The normalized spacial score (nSPS) is 10.8. The second-order valence-corrected chi connectivity index (χ2v) is 7.01. The Bertz CT molecular complexity index is 1060. The van der Waals surface area contributed by atoms with Gasteiger partial charge in [0, 0.05) is 12.7 Å². The Morgan fingerprint density at radius 2 is 1.68 bits per heavy atom. The first-order chi connectivity index (χ1) is 13.7. The van der Waals surface area contributed by atoms with E-state index in [2.05, 4.69) is 42.0 Å². The van der Waals surface area contributed by atoms with Gasteiger partial charge >= 0.3 is 0 Å². The van der Waals surface area contributed by atoms with Crippen LogP contribution < -0.4 is 11.1 Å². The molecule has 2 heterocycles. The predicted molar refractivity (Wildman–Crippen MR) is 112 cm³/mol. The van der Waals surface area contributed by atoms with Crippen molar-refractivity contribution in [2.75, 3.05) is 11.1 Å². The monoisotopic (exact) mass is 389 g/mol. The summed E-state index contributed by atoms with van der Waals surface area (Å²) >= 11 is 1.56. The lowest BCUT2D eigenvalue weighted by molar-refractivity contribution is 0.795. The van der Waals surface area contributed by atoms with Crippen molar-refractivity contribution < 1.29 is 0 Å². The lowest BCUT2D eigenvalue weighted by Crippen LogP contribution is -2.06. The topological polar surface area (TPSA) is 94.5 Å². The van der Waals surface area contributed by atoms with Gasteiger partial charge in [-0.05, 0) is 17.7 Å². The molecule has 140 valence electrons. The summed E-state index contributed by atoms with van der Waals surface area (Å²) in [5.41, 5.74) is 8.94. The SMILES string of the molecule is Cn1c(-c2ccccc2)cnc1SCc1nc(N)nc(Nc2ccccc2)n1. The van der Waals surface area contributed by atoms with Crippen molar-refractivity contribution in [3.8, 4) is 11.3 Å². The third-order valence-corrected chi connectivity index (χ3v) is 5.11. The number of nitrogens with two attached hydrogens (primary N) is 1. The number of para-hydroxylation sites is 1.